The van der Waals surface area contributed by atoms with Crippen molar-refractivity contribution in [3.05, 3.63) is 58.4 Å². The van der Waals surface area contributed by atoms with Crippen molar-refractivity contribution in [1.82, 2.24) is 9.55 Å². The number of hydrogen-bond donors (Lipinski definition) is 1. The van der Waals surface area contributed by atoms with Gasteiger partial charge in [-0.05, 0) is 36.5 Å². The molecule has 0 saturated carbocycles. The summed E-state index contributed by atoms with van der Waals surface area (Å²) in [6.45, 7) is 0. The molecule has 0 fully saturated rings. The van der Waals surface area contributed by atoms with Crippen molar-refractivity contribution >= 4 is 23.3 Å². The standard InChI is InChI=1S/C14H7F2N3S/c15-9-3-1-5-11(8(9)7-17)19-12-6-2-4-10(16)13(12)18-14(19)20/h1-6H,(H,18,20). The number of hydrogen-bond acceptors (Lipinski definition) is 2. The monoisotopic (exact) mass is 287 g/mol. The van der Waals surface area contributed by atoms with Crippen LogP contribution in [0, 0.1) is 27.7 Å². The van der Waals surface area contributed by atoms with Crippen molar-refractivity contribution in [1.29, 1.82) is 5.26 Å². The number of aromatic nitrogens is 2. The molecule has 98 valence electrons. The zero-order valence-electron chi connectivity index (χ0n) is 10.0. The largest absolute Gasteiger partial charge is 0.328 e. The number of para-hydroxylation sites is 1. The fourth-order valence-electron chi connectivity index (χ4n) is 2.14. The van der Waals surface area contributed by atoms with Gasteiger partial charge >= 0.3 is 0 Å². The number of fused-ring (bicyclic) bond motifs is 1. The van der Waals surface area contributed by atoms with Gasteiger partial charge in [-0.15, -0.1) is 0 Å². The van der Waals surface area contributed by atoms with E-state index in [1.807, 2.05) is 6.07 Å². The van der Waals surface area contributed by atoms with E-state index in [2.05, 4.69) is 4.98 Å². The van der Waals surface area contributed by atoms with E-state index in [9.17, 15) is 8.78 Å². The van der Waals surface area contributed by atoms with Crippen molar-refractivity contribution in [3.63, 3.8) is 0 Å². The molecule has 0 unspecified atom stereocenters. The van der Waals surface area contributed by atoms with Crippen LogP contribution in [0.5, 0.6) is 0 Å². The van der Waals surface area contributed by atoms with E-state index in [4.69, 9.17) is 17.5 Å². The molecule has 6 heteroatoms. The molecule has 1 N–H and O–H groups in total. The lowest BCUT2D eigenvalue weighted by molar-refractivity contribution is 0.622. The van der Waals surface area contributed by atoms with Crippen molar-refractivity contribution in [2.45, 2.75) is 0 Å². The lowest BCUT2D eigenvalue weighted by Gasteiger charge is -2.07. The molecule has 0 aliphatic rings. The van der Waals surface area contributed by atoms with Gasteiger partial charge in [0.05, 0.1) is 11.2 Å². The topological polar surface area (TPSA) is 44.5 Å². The highest BCUT2D eigenvalue weighted by molar-refractivity contribution is 7.71. The second-order valence-corrected chi connectivity index (χ2v) is 4.53. The summed E-state index contributed by atoms with van der Waals surface area (Å²) in [6.07, 6.45) is 0. The Morgan fingerprint density at radius 1 is 1.10 bits per heavy atom. The van der Waals surface area contributed by atoms with E-state index >= 15 is 0 Å². The third kappa shape index (κ3) is 1.72. The molecule has 20 heavy (non-hydrogen) atoms. The number of H-pyrrole nitrogens is 1. The molecule has 0 spiro atoms. The molecule has 0 atom stereocenters. The van der Waals surface area contributed by atoms with Crippen LogP contribution in [0.25, 0.3) is 16.7 Å². The molecule has 0 amide bonds. The van der Waals surface area contributed by atoms with Crippen LogP contribution in [-0.4, -0.2) is 9.55 Å². The molecular weight excluding hydrogens is 280 g/mol. The highest BCUT2D eigenvalue weighted by Gasteiger charge is 2.15. The Bertz CT molecular complexity index is 918. The highest BCUT2D eigenvalue weighted by Crippen LogP contribution is 2.24. The summed E-state index contributed by atoms with van der Waals surface area (Å²) in [5, 5.41) is 9.09. The summed E-state index contributed by atoms with van der Waals surface area (Å²) >= 11 is 5.15. The molecule has 3 nitrogen and oxygen atoms in total. The van der Waals surface area contributed by atoms with E-state index in [0.29, 0.717) is 5.52 Å². The Balaban J connectivity index is 2.46. The van der Waals surface area contributed by atoms with Crippen molar-refractivity contribution in [2.75, 3.05) is 0 Å². The summed E-state index contributed by atoms with van der Waals surface area (Å²) < 4.78 is 29.1. The molecule has 1 aromatic heterocycles. The molecule has 0 radical (unpaired) electrons. The van der Waals surface area contributed by atoms with E-state index in [-0.39, 0.29) is 21.5 Å². The summed E-state index contributed by atoms with van der Waals surface area (Å²) in [6, 6.07) is 10.5. The summed E-state index contributed by atoms with van der Waals surface area (Å²) in [7, 11) is 0. The number of benzene rings is 2. The Morgan fingerprint density at radius 2 is 1.80 bits per heavy atom. The number of aromatic amines is 1. The van der Waals surface area contributed by atoms with Crippen molar-refractivity contribution in [2.24, 2.45) is 0 Å². The average Bonchev–Trinajstić information content (AvgIpc) is 2.76. The van der Waals surface area contributed by atoms with Gasteiger partial charge in [0.15, 0.2) is 4.77 Å². The van der Waals surface area contributed by atoms with Gasteiger partial charge in [-0.25, -0.2) is 8.78 Å². The van der Waals surface area contributed by atoms with E-state index in [1.165, 1.54) is 28.8 Å². The van der Waals surface area contributed by atoms with Crippen molar-refractivity contribution < 1.29 is 8.78 Å². The van der Waals surface area contributed by atoms with Gasteiger partial charge in [0.25, 0.3) is 0 Å². The van der Waals surface area contributed by atoms with Gasteiger partial charge in [-0.2, -0.15) is 5.26 Å². The average molecular weight is 287 g/mol. The number of nitrogens with zero attached hydrogens (tertiary/aromatic N) is 2. The fraction of sp³-hybridized carbons (Fsp3) is 0. The minimum atomic E-state index is -0.641. The lowest BCUT2D eigenvalue weighted by atomic mass is 10.1. The number of nitriles is 1. The molecule has 2 aromatic carbocycles. The zero-order chi connectivity index (χ0) is 14.3. The maximum atomic E-state index is 13.7. The van der Waals surface area contributed by atoms with Crippen LogP contribution in [0.4, 0.5) is 8.78 Å². The van der Waals surface area contributed by atoms with Gasteiger partial charge in [0.2, 0.25) is 0 Å². The first-order chi connectivity index (χ1) is 9.63. The van der Waals surface area contributed by atoms with Gasteiger partial charge in [-0.1, -0.05) is 12.1 Å². The molecule has 0 aliphatic carbocycles. The Kier molecular flexibility index (Phi) is 2.84. The second kappa shape index (κ2) is 4.54. The summed E-state index contributed by atoms with van der Waals surface area (Å²) in [4.78, 5) is 2.74. The normalized spacial score (nSPS) is 10.7. The van der Waals surface area contributed by atoms with E-state index < -0.39 is 11.6 Å². The van der Waals surface area contributed by atoms with Gasteiger partial charge in [0, 0.05) is 0 Å². The quantitative estimate of drug-likeness (QED) is 0.691. The van der Waals surface area contributed by atoms with E-state index in [1.54, 1.807) is 12.1 Å². The first-order valence-corrected chi connectivity index (χ1v) is 6.12. The lowest BCUT2D eigenvalue weighted by Crippen LogP contribution is -1.99. The number of halogens is 2. The summed E-state index contributed by atoms with van der Waals surface area (Å²) in [5.74, 6) is -1.10. The molecule has 3 aromatic rings. The predicted molar refractivity (Wildman–Crippen MR) is 73.1 cm³/mol. The van der Waals surface area contributed by atoms with Gasteiger partial charge in [0.1, 0.15) is 28.8 Å². The van der Waals surface area contributed by atoms with Crippen LogP contribution < -0.4 is 0 Å². The van der Waals surface area contributed by atoms with Crippen LogP contribution in [0.2, 0.25) is 0 Å². The zero-order valence-corrected chi connectivity index (χ0v) is 10.8. The third-order valence-electron chi connectivity index (χ3n) is 3.01. The van der Waals surface area contributed by atoms with E-state index in [0.717, 1.165) is 0 Å². The van der Waals surface area contributed by atoms with Gasteiger partial charge < -0.3 is 4.98 Å². The fourth-order valence-corrected chi connectivity index (χ4v) is 2.44. The molecule has 0 aliphatic heterocycles. The summed E-state index contributed by atoms with van der Waals surface area (Å²) in [5.41, 5.74) is 0.839. The van der Waals surface area contributed by atoms with Gasteiger partial charge in [-0.3, -0.25) is 4.57 Å². The number of rotatable bonds is 1. The minimum absolute atomic E-state index is 0.131. The first kappa shape index (κ1) is 12.5. The highest BCUT2D eigenvalue weighted by atomic mass is 32.1. The third-order valence-corrected chi connectivity index (χ3v) is 3.30. The van der Waals surface area contributed by atoms with Crippen LogP contribution in [0.15, 0.2) is 36.4 Å². The maximum absolute atomic E-state index is 13.7. The molecule has 1 heterocycles. The molecular formula is C14H7F2N3S. The second-order valence-electron chi connectivity index (χ2n) is 4.15. The van der Waals surface area contributed by atoms with Crippen LogP contribution in [0.1, 0.15) is 5.56 Å². The first-order valence-electron chi connectivity index (χ1n) is 5.71. The Labute approximate surface area is 117 Å². The number of imidazole rings is 1. The molecule has 0 saturated heterocycles. The van der Waals surface area contributed by atoms with Crippen LogP contribution in [-0.2, 0) is 0 Å². The Morgan fingerprint density at radius 3 is 2.55 bits per heavy atom. The van der Waals surface area contributed by atoms with Crippen LogP contribution >= 0.6 is 12.2 Å². The predicted octanol–water partition coefficient (Wildman–Crippen LogP) is 3.84. The van der Waals surface area contributed by atoms with Crippen LogP contribution in [0.3, 0.4) is 0 Å². The minimum Gasteiger partial charge on any atom is -0.328 e. The smallest absolute Gasteiger partial charge is 0.182 e. The maximum Gasteiger partial charge on any atom is 0.182 e. The SMILES string of the molecule is N#Cc1c(F)cccc1-n1c(=S)[nH]c2c(F)cccc21. The number of nitrogens with one attached hydrogen (secondary N) is 1. The van der Waals surface area contributed by atoms with Crippen molar-refractivity contribution in [3.8, 4) is 11.8 Å². The Hall–Kier alpha value is -2.52. The molecule has 3 rings (SSSR count). The molecule has 0 bridgehead atoms.